The number of ether oxygens (including phenoxy) is 1. The van der Waals surface area contributed by atoms with Crippen LogP contribution in [0.15, 0.2) is 71.9 Å². The number of aromatic nitrogens is 1. The number of hydrogen-bond donors (Lipinski definition) is 2. The molecule has 3 N–H and O–H groups in total. The Hall–Kier alpha value is -4.27. The zero-order chi connectivity index (χ0) is 24.1. The van der Waals surface area contributed by atoms with E-state index in [0.717, 1.165) is 11.3 Å². The Labute approximate surface area is 196 Å². The summed E-state index contributed by atoms with van der Waals surface area (Å²) in [7, 11) is 0. The minimum absolute atomic E-state index is 0.207. The van der Waals surface area contributed by atoms with Crippen LogP contribution in [0.2, 0.25) is 0 Å². The predicted molar refractivity (Wildman–Crippen MR) is 127 cm³/mol. The first-order valence-corrected chi connectivity index (χ1v) is 10.7. The Morgan fingerprint density at radius 1 is 1.24 bits per heavy atom. The number of carbonyl (C=O) groups is 2. The number of rotatable bonds is 7. The minimum Gasteiger partial charge on any atom is -0.442 e. The molecule has 1 aliphatic heterocycles. The van der Waals surface area contributed by atoms with Crippen molar-refractivity contribution in [2.75, 3.05) is 18.0 Å². The third kappa shape index (κ3) is 5.37. The number of benzene rings is 2. The topological polar surface area (TPSA) is 110 Å². The second-order valence-corrected chi connectivity index (χ2v) is 7.82. The van der Waals surface area contributed by atoms with E-state index < -0.39 is 18.0 Å². The fourth-order valence-electron chi connectivity index (χ4n) is 3.57. The van der Waals surface area contributed by atoms with Crippen LogP contribution in [0.25, 0.3) is 11.1 Å². The van der Waals surface area contributed by atoms with E-state index in [1.54, 1.807) is 42.6 Å². The van der Waals surface area contributed by atoms with Crippen molar-refractivity contribution in [3.05, 3.63) is 83.9 Å². The molecule has 0 bridgehead atoms. The summed E-state index contributed by atoms with van der Waals surface area (Å²) in [5.41, 5.74) is 9.07. The molecule has 0 spiro atoms. The number of pyridine rings is 1. The van der Waals surface area contributed by atoms with Crippen LogP contribution in [0, 0.1) is 5.82 Å². The molecule has 1 fully saturated rings. The van der Waals surface area contributed by atoms with Crippen LogP contribution in [0.4, 0.5) is 14.9 Å². The summed E-state index contributed by atoms with van der Waals surface area (Å²) in [6, 6.07) is 17.3. The van der Waals surface area contributed by atoms with E-state index >= 15 is 0 Å². The van der Waals surface area contributed by atoms with E-state index in [4.69, 9.17) is 10.5 Å². The number of halogens is 1. The van der Waals surface area contributed by atoms with Crippen LogP contribution in [0.3, 0.4) is 0 Å². The first-order valence-electron chi connectivity index (χ1n) is 10.7. The Bertz CT molecular complexity index is 1210. The normalized spacial score (nSPS) is 15.8. The molecule has 9 heteroatoms. The standard InChI is InChI=1S/C25H24FN5O3/c1-16(32)29-14-21-15-31(25(33)34-21)20-9-10-22(23(26)12-20)17-5-7-18(8-6-17)24(27)30-13-19-4-2-3-11-28-19/h2-12,21H,13-15H2,1H3,(H2,27,30)(H,29,32). The number of cyclic esters (lactones) is 1. The Morgan fingerprint density at radius 2 is 2.03 bits per heavy atom. The number of hydrogen-bond acceptors (Lipinski definition) is 5. The first kappa shape index (κ1) is 22.9. The SMILES string of the molecule is CC(=O)NCC1CN(c2ccc(-c3ccc(C(N)=NCc4ccccn4)cc3)c(F)c2)C(=O)O1. The zero-order valence-electron chi connectivity index (χ0n) is 18.6. The number of aliphatic imine (C=N–C) groups is 1. The number of amidine groups is 1. The molecule has 1 aromatic heterocycles. The van der Waals surface area contributed by atoms with E-state index in [2.05, 4.69) is 15.3 Å². The van der Waals surface area contributed by atoms with Gasteiger partial charge in [-0.25, -0.2) is 9.18 Å². The highest BCUT2D eigenvalue weighted by Gasteiger charge is 2.32. The van der Waals surface area contributed by atoms with Crippen LogP contribution in [0.1, 0.15) is 18.2 Å². The van der Waals surface area contributed by atoms with Gasteiger partial charge in [0.25, 0.3) is 0 Å². The quantitative estimate of drug-likeness (QED) is 0.415. The van der Waals surface area contributed by atoms with Crippen LogP contribution >= 0.6 is 0 Å². The smallest absolute Gasteiger partial charge is 0.414 e. The van der Waals surface area contributed by atoms with E-state index in [0.29, 0.717) is 29.2 Å². The minimum atomic E-state index is -0.577. The van der Waals surface area contributed by atoms with Gasteiger partial charge >= 0.3 is 6.09 Å². The Morgan fingerprint density at radius 3 is 2.71 bits per heavy atom. The number of nitrogens with zero attached hydrogens (tertiary/aromatic N) is 3. The fraction of sp³-hybridized carbons (Fsp3) is 0.200. The lowest BCUT2D eigenvalue weighted by Gasteiger charge is -2.14. The molecule has 0 radical (unpaired) electrons. The lowest BCUT2D eigenvalue weighted by molar-refractivity contribution is -0.119. The van der Waals surface area contributed by atoms with Gasteiger partial charge in [-0.05, 0) is 35.9 Å². The Balaban J connectivity index is 1.45. The number of carbonyl (C=O) groups excluding carboxylic acids is 2. The maximum Gasteiger partial charge on any atom is 0.414 e. The molecular weight excluding hydrogens is 437 g/mol. The summed E-state index contributed by atoms with van der Waals surface area (Å²) < 4.78 is 20.2. The largest absolute Gasteiger partial charge is 0.442 e. The molecule has 8 nitrogen and oxygen atoms in total. The molecule has 4 rings (SSSR count). The van der Waals surface area contributed by atoms with Gasteiger partial charge in [0.05, 0.1) is 31.0 Å². The van der Waals surface area contributed by atoms with Gasteiger partial charge in [0.2, 0.25) is 5.91 Å². The zero-order valence-corrected chi connectivity index (χ0v) is 18.6. The molecule has 1 saturated heterocycles. The molecule has 34 heavy (non-hydrogen) atoms. The summed E-state index contributed by atoms with van der Waals surface area (Å²) in [5, 5.41) is 2.61. The summed E-state index contributed by atoms with van der Waals surface area (Å²) >= 11 is 0. The molecule has 174 valence electrons. The highest BCUT2D eigenvalue weighted by atomic mass is 19.1. The van der Waals surface area contributed by atoms with E-state index in [9.17, 15) is 14.0 Å². The van der Waals surface area contributed by atoms with Gasteiger partial charge in [0, 0.05) is 24.2 Å². The highest BCUT2D eigenvalue weighted by molar-refractivity contribution is 5.98. The fourth-order valence-corrected chi connectivity index (χ4v) is 3.57. The van der Waals surface area contributed by atoms with Crippen molar-refractivity contribution in [1.82, 2.24) is 10.3 Å². The van der Waals surface area contributed by atoms with E-state index in [1.165, 1.54) is 17.9 Å². The van der Waals surface area contributed by atoms with Crippen molar-refractivity contribution in [3.8, 4) is 11.1 Å². The van der Waals surface area contributed by atoms with Crippen LogP contribution in [-0.2, 0) is 16.1 Å². The van der Waals surface area contributed by atoms with Crippen molar-refractivity contribution < 1.29 is 18.7 Å². The molecule has 0 saturated carbocycles. The number of nitrogens with one attached hydrogen (secondary N) is 1. The van der Waals surface area contributed by atoms with Crippen molar-refractivity contribution in [1.29, 1.82) is 0 Å². The van der Waals surface area contributed by atoms with Crippen LogP contribution in [0.5, 0.6) is 0 Å². The van der Waals surface area contributed by atoms with Gasteiger partial charge in [-0.2, -0.15) is 0 Å². The Kier molecular flexibility index (Phi) is 6.82. The number of amides is 2. The molecule has 1 unspecified atom stereocenters. The van der Waals surface area contributed by atoms with Crippen LogP contribution < -0.4 is 16.0 Å². The van der Waals surface area contributed by atoms with E-state index in [1.807, 2.05) is 18.2 Å². The third-order valence-corrected chi connectivity index (χ3v) is 5.35. The monoisotopic (exact) mass is 461 g/mol. The third-order valence-electron chi connectivity index (χ3n) is 5.35. The summed E-state index contributed by atoms with van der Waals surface area (Å²) in [6.45, 7) is 2.19. The second kappa shape index (κ2) is 10.1. The van der Waals surface area contributed by atoms with Gasteiger partial charge < -0.3 is 15.8 Å². The molecule has 0 aliphatic carbocycles. The van der Waals surface area contributed by atoms with Gasteiger partial charge in [0.1, 0.15) is 17.8 Å². The first-order chi connectivity index (χ1) is 16.4. The average molecular weight is 461 g/mol. The van der Waals surface area contributed by atoms with Crippen molar-refractivity contribution in [2.45, 2.75) is 19.6 Å². The molecule has 1 atom stereocenters. The van der Waals surface area contributed by atoms with Crippen molar-refractivity contribution in [2.24, 2.45) is 10.7 Å². The molecular formula is C25H24FN5O3. The number of nitrogens with two attached hydrogens (primary N) is 1. The molecule has 2 heterocycles. The molecule has 2 aromatic carbocycles. The summed E-state index contributed by atoms with van der Waals surface area (Å²) in [5.74, 6) is -0.313. The lowest BCUT2D eigenvalue weighted by atomic mass is 10.0. The van der Waals surface area contributed by atoms with E-state index in [-0.39, 0.29) is 19.0 Å². The second-order valence-electron chi connectivity index (χ2n) is 7.82. The summed E-state index contributed by atoms with van der Waals surface area (Å²) in [4.78, 5) is 33.2. The van der Waals surface area contributed by atoms with Crippen molar-refractivity contribution >= 4 is 23.5 Å². The van der Waals surface area contributed by atoms with Gasteiger partial charge in [-0.3, -0.25) is 19.7 Å². The summed E-state index contributed by atoms with van der Waals surface area (Å²) in [6.07, 6.45) is 0.635. The maximum atomic E-state index is 14.9. The molecule has 3 aromatic rings. The van der Waals surface area contributed by atoms with Crippen molar-refractivity contribution in [3.63, 3.8) is 0 Å². The predicted octanol–water partition coefficient (Wildman–Crippen LogP) is 3.25. The van der Waals surface area contributed by atoms with Gasteiger partial charge in [-0.15, -0.1) is 0 Å². The van der Waals surface area contributed by atoms with Gasteiger partial charge in [-0.1, -0.05) is 30.3 Å². The van der Waals surface area contributed by atoms with Gasteiger partial charge in [0.15, 0.2) is 0 Å². The molecule has 2 amide bonds. The lowest BCUT2D eigenvalue weighted by Crippen LogP contribution is -2.33. The van der Waals surface area contributed by atoms with Crippen LogP contribution in [-0.4, -0.2) is 42.0 Å². The maximum absolute atomic E-state index is 14.9. The highest BCUT2D eigenvalue weighted by Crippen LogP contribution is 2.29. The number of anilines is 1. The average Bonchev–Trinajstić information content (AvgIpc) is 3.22. The molecule has 1 aliphatic rings.